The number of nitrogens with two attached hydrogens (primary N) is 1. The maximum absolute atomic E-state index is 13.2. The molecule has 1 unspecified atom stereocenters. The summed E-state index contributed by atoms with van der Waals surface area (Å²) in [5.74, 6) is 0.619. The van der Waals surface area contributed by atoms with E-state index in [1.807, 2.05) is 0 Å². The number of hydrogen-bond acceptors (Lipinski definition) is 2. The van der Waals surface area contributed by atoms with Crippen molar-refractivity contribution in [3.8, 4) is 5.75 Å². The molecule has 0 bridgehead atoms. The van der Waals surface area contributed by atoms with Crippen molar-refractivity contribution in [2.24, 2.45) is 5.73 Å². The lowest BCUT2D eigenvalue weighted by atomic mass is 10.1. The van der Waals surface area contributed by atoms with Crippen molar-refractivity contribution < 1.29 is 9.13 Å². The van der Waals surface area contributed by atoms with Gasteiger partial charge in [-0.15, -0.1) is 0 Å². The number of alkyl halides is 1. The topological polar surface area (TPSA) is 35.2 Å². The number of methoxy groups -OCH3 is 1. The molecule has 0 spiro atoms. The van der Waals surface area contributed by atoms with Crippen molar-refractivity contribution in [1.29, 1.82) is 0 Å². The van der Waals surface area contributed by atoms with Gasteiger partial charge in [-0.05, 0) is 22.0 Å². The highest BCUT2D eigenvalue weighted by Gasteiger charge is 2.13. The molecule has 2 nitrogen and oxygen atoms in total. The van der Waals surface area contributed by atoms with Gasteiger partial charge in [-0.2, -0.15) is 0 Å². The Balaban J connectivity index is 3.08. The normalized spacial score (nSPS) is 12.6. The van der Waals surface area contributed by atoms with Gasteiger partial charge in [0.05, 0.1) is 11.6 Å². The Labute approximate surface area is 85.0 Å². The average Bonchev–Trinajstić information content (AvgIpc) is 2.17. The summed E-state index contributed by atoms with van der Waals surface area (Å²) in [7, 11) is 1.54. The molecule has 13 heavy (non-hydrogen) atoms. The molecule has 1 rings (SSSR count). The van der Waals surface area contributed by atoms with Crippen LogP contribution in [-0.4, -0.2) is 13.7 Å². The van der Waals surface area contributed by atoms with Gasteiger partial charge in [0.2, 0.25) is 0 Å². The molecular formula is C9H11BrFNO. The van der Waals surface area contributed by atoms with Crippen LogP contribution in [0.3, 0.4) is 0 Å². The molecule has 1 atom stereocenters. The molecule has 0 fully saturated rings. The highest BCUT2D eigenvalue weighted by atomic mass is 79.9. The number of hydrogen-bond donors (Lipinski definition) is 1. The van der Waals surface area contributed by atoms with Crippen LogP contribution in [0, 0.1) is 0 Å². The first-order chi connectivity index (χ1) is 6.20. The molecule has 4 heteroatoms. The summed E-state index contributed by atoms with van der Waals surface area (Å²) in [5.41, 5.74) is 5.76. The van der Waals surface area contributed by atoms with Gasteiger partial charge in [-0.25, -0.2) is 4.39 Å². The standard InChI is InChI=1S/C9H11BrFNO/c1-13-8-4-2-3-6(9(8)10)7(11)5-12/h2-4,7H,5,12H2,1H3. The van der Waals surface area contributed by atoms with Crippen LogP contribution >= 0.6 is 15.9 Å². The van der Waals surface area contributed by atoms with E-state index in [1.54, 1.807) is 25.3 Å². The maximum Gasteiger partial charge on any atom is 0.138 e. The van der Waals surface area contributed by atoms with Crippen LogP contribution in [-0.2, 0) is 0 Å². The van der Waals surface area contributed by atoms with E-state index in [0.717, 1.165) is 0 Å². The molecule has 0 heterocycles. The second kappa shape index (κ2) is 4.58. The summed E-state index contributed by atoms with van der Waals surface area (Å²) in [4.78, 5) is 0. The fourth-order valence-electron chi connectivity index (χ4n) is 1.05. The van der Waals surface area contributed by atoms with Gasteiger partial charge in [-0.1, -0.05) is 12.1 Å². The molecule has 2 N–H and O–H groups in total. The summed E-state index contributed by atoms with van der Waals surface area (Å²) < 4.78 is 18.9. The van der Waals surface area contributed by atoms with Crippen molar-refractivity contribution in [2.75, 3.05) is 13.7 Å². The zero-order valence-corrected chi connectivity index (χ0v) is 8.84. The Hall–Kier alpha value is -0.610. The number of halogens is 2. The van der Waals surface area contributed by atoms with E-state index in [2.05, 4.69) is 15.9 Å². The Bertz CT molecular complexity index is 293. The van der Waals surface area contributed by atoms with Crippen LogP contribution in [0.5, 0.6) is 5.75 Å². The summed E-state index contributed by atoms with van der Waals surface area (Å²) >= 11 is 3.26. The zero-order chi connectivity index (χ0) is 9.84. The maximum atomic E-state index is 13.2. The fourth-order valence-corrected chi connectivity index (χ4v) is 1.73. The van der Waals surface area contributed by atoms with Crippen LogP contribution in [0.2, 0.25) is 0 Å². The third-order valence-electron chi connectivity index (χ3n) is 1.76. The van der Waals surface area contributed by atoms with Crippen molar-refractivity contribution in [2.45, 2.75) is 6.17 Å². The van der Waals surface area contributed by atoms with E-state index < -0.39 is 6.17 Å². The molecule has 0 saturated carbocycles. The summed E-state index contributed by atoms with van der Waals surface area (Å²) in [5, 5.41) is 0. The lowest BCUT2D eigenvalue weighted by molar-refractivity contribution is 0.348. The second-order valence-corrected chi connectivity index (χ2v) is 3.36. The third kappa shape index (κ3) is 2.19. The monoisotopic (exact) mass is 247 g/mol. The molecule has 1 aromatic carbocycles. The molecule has 72 valence electrons. The summed E-state index contributed by atoms with van der Waals surface area (Å²) in [6.07, 6.45) is -1.15. The van der Waals surface area contributed by atoms with E-state index in [1.165, 1.54) is 0 Å². The Morgan fingerprint density at radius 3 is 2.85 bits per heavy atom. The summed E-state index contributed by atoms with van der Waals surface area (Å²) in [6, 6.07) is 5.18. The molecular weight excluding hydrogens is 237 g/mol. The van der Waals surface area contributed by atoms with Gasteiger partial charge >= 0.3 is 0 Å². The summed E-state index contributed by atoms with van der Waals surface area (Å²) in [6.45, 7) is -0.0221. The van der Waals surface area contributed by atoms with Gasteiger partial charge in [0, 0.05) is 12.1 Å². The van der Waals surface area contributed by atoms with Crippen molar-refractivity contribution >= 4 is 15.9 Å². The molecule has 0 aliphatic heterocycles. The van der Waals surface area contributed by atoms with E-state index in [0.29, 0.717) is 15.8 Å². The highest BCUT2D eigenvalue weighted by Crippen LogP contribution is 2.33. The van der Waals surface area contributed by atoms with Gasteiger partial charge in [0.15, 0.2) is 0 Å². The van der Waals surface area contributed by atoms with Gasteiger partial charge in [0.25, 0.3) is 0 Å². The van der Waals surface area contributed by atoms with Crippen molar-refractivity contribution in [3.05, 3.63) is 28.2 Å². The fraction of sp³-hybridized carbons (Fsp3) is 0.333. The predicted octanol–water partition coefficient (Wildman–Crippen LogP) is 2.43. The van der Waals surface area contributed by atoms with E-state index in [4.69, 9.17) is 10.5 Å². The van der Waals surface area contributed by atoms with Crippen LogP contribution in [0.4, 0.5) is 4.39 Å². The first-order valence-corrected chi connectivity index (χ1v) is 4.66. The molecule has 0 aromatic heterocycles. The van der Waals surface area contributed by atoms with Gasteiger partial charge in [-0.3, -0.25) is 0 Å². The number of rotatable bonds is 3. The Kier molecular flexibility index (Phi) is 3.69. The zero-order valence-electron chi connectivity index (χ0n) is 7.26. The molecule has 0 aliphatic rings. The molecule has 0 aliphatic carbocycles. The van der Waals surface area contributed by atoms with E-state index >= 15 is 0 Å². The van der Waals surface area contributed by atoms with Gasteiger partial charge in [0.1, 0.15) is 11.9 Å². The minimum Gasteiger partial charge on any atom is -0.496 e. The predicted molar refractivity (Wildman–Crippen MR) is 53.6 cm³/mol. The molecule has 0 radical (unpaired) electrons. The lowest BCUT2D eigenvalue weighted by Gasteiger charge is -2.10. The quantitative estimate of drug-likeness (QED) is 0.891. The lowest BCUT2D eigenvalue weighted by Crippen LogP contribution is -2.08. The van der Waals surface area contributed by atoms with Crippen LogP contribution in [0.15, 0.2) is 22.7 Å². The third-order valence-corrected chi connectivity index (χ3v) is 2.61. The molecule has 0 saturated heterocycles. The first-order valence-electron chi connectivity index (χ1n) is 3.87. The molecule has 1 aromatic rings. The van der Waals surface area contributed by atoms with Gasteiger partial charge < -0.3 is 10.5 Å². The van der Waals surface area contributed by atoms with Crippen LogP contribution < -0.4 is 10.5 Å². The van der Waals surface area contributed by atoms with E-state index in [-0.39, 0.29) is 6.54 Å². The Morgan fingerprint density at radius 1 is 1.62 bits per heavy atom. The molecule has 0 amide bonds. The van der Waals surface area contributed by atoms with Crippen molar-refractivity contribution in [1.82, 2.24) is 0 Å². The SMILES string of the molecule is COc1cccc(C(F)CN)c1Br. The van der Waals surface area contributed by atoms with Crippen molar-refractivity contribution in [3.63, 3.8) is 0 Å². The smallest absolute Gasteiger partial charge is 0.138 e. The second-order valence-electron chi connectivity index (χ2n) is 2.57. The number of ether oxygens (including phenoxy) is 1. The Morgan fingerprint density at radius 2 is 2.31 bits per heavy atom. The number of benzene rings is 1. The first kappa shape index (κ1) is 10.5. The minimum atomic E-state index is -1.15. The minimum absolute atomic E-state index is 0.0221. The highest BCUT2D eigenvalue weighted by molar-refractivity contribution is 9.10. The average molecular weight is 248 g/mol. The largest absolute Gasteiger partial charge is 0.496 e. The van der Waals surface area contributed by atoms with Crippen LogP contribution in [0.25, 0.3) is 0 Å². The van der Waals surface area contributed by atoms with Crippen LogP contribution in [0.1, 0.15) is 11.7 Å². The van der Waals surface area contributed by atoms with E-state index in [9.17, 15) is 4.39 Å².